The normalized spacial score (nSPS) is 28.5. The van der Waals surface area contributed by atoms with Crippen LogP contribution in [0, 0.1) is 18.8 Å². The number of anilines is 1. The van der Waals surface area contributed by atoms with E-state index in [1.807, 2.05) is 13.1 Å². The highest BCUT2D eigenvalue weighted by Crippen LogP contribution is 2.29. The monoisotopic (exact) mass is 267 g/mol. The minimum atomic E-state index is 0.481. The summed E-state index contributed by atoms with van der Waals surface area (Å²) in [6.45, 7) is 9.93. The van der Waals surface area contributed by atoms with Crippen molar-refractivity contribution in [1.29, 1.82) is 0 Å². The lowest BCUT2D eigenvalue weighted by molar-refractivity contribution is 0.293. The number of aryl methyl sites for hydroxylation is 1. The average molecular weight is 268 g/mol. The third-order valence-electron chi connectivity index (χ3n) is 4.07. The predicted octanol–water partition coefficient (Wildman–Crippen LogP) is 3.39. The Labute approximate surface area is 115 Å². The number of halogens is 1. The van der Waals surface area contributed by atoms with Gasteiger partial charge in [-0.05, 0) is 32.1 Å². The summed E-state index contributed by atoms with van der Waals surface area (Å²) in [5, 5.41) is 0. The molecule has 3 atom stereocenters. The summed E-state index contributed by atoms with van der Waals surface area (Å²) in [6, 6.07) is 0.502. The lowest BCUT2D eigenvalue weighted by Crippen LogP contribution is -2.46. The number of alkyl halides is 1. The van der Waals surface area contributed by atoms with Crippen LogP contribution in [-0.4, -0.2) is 22.6 Å². The topological polar surface area (TPSA) is 29.0 Å². The molecule has 3 unspecified atom stereocenters. The molecule has 3 nitrogen and oxygen atoms in total. The minimum Gasteiger partial charge on any atom is -0.338 e. The van der Waals surface area contributed by atoms with Gasteiger partial charge in [-0.2, -0.15) is 0 Å². The average Bonchev–Trinajstić information content (AvgIpc) is 2.33. The van der Waals surface area contributed by atoms with Crippen LogP contribution in [-0.2, 0) is 5.88 Å². The molecule has 0 aromatic carbocycles. The molecule has 0 N–H and O–H groups in total. The first-order valence-electron chi connectivity index (χ1n) is 6.68. The van der Waals surface area contributed by atoms with Gasteiger partial charge in [-0.25, -0.2) is 9.97 Å². The second-order valence-corrected chi connectivity index (χ2v) is 5.89. The number of piperidine rings is 1. The number of hydrogen-bond donors (Lipinski definition) is 0. The molecule has 1 saturated heterocycles. The zero-order chi connectivity index (χ0) is 13.3. The van der Waals surface area contributed by atoms with Gasteiger partial charge in [-0.1, -0.05) is 13.8 Å². The molecular weight excluding hydrogens is 246 g/mol. The van der Waals surface area contributed by atoms with Gasteiger partial charge < -0.3 is 4.90 Å². The van der Waals surface area contributed by atoms with Gasteiger partial charge in [0.15, 0.2) is 0 Å². The smallest absolute Gasteiger partial charge is 0.225 e. The fourth-order valence-electron chi connectivity index (χ4n) is 2.73. The maximum absolute atomic E-state index is 5.85. The quantitative estimate of drug-likeness (QED) is 0.769. The van der Waals surface area contributed by atoms with E-state index in [1.165, 1.54) is 6.42 Å². The molecule has 1 aliphatic heterocycles. The van der Waals surface area contributed by atoms with E-state index in [2.05, 4.69) is 35.6 Å². The predicted molar refractivity (Wildman–Crippen MR) is 76.1 cm³/mol. The van der Waals surface area contributed by atoms with Crippen LogP contribution in [0.25, 0.3) is 0 Å². The van der Waals surface area contributed by atoms with Gasteiger partial charge in [0, 0.05) is 30.0 Å². The van der Waals surface area contributed by atoms with Gasteiger partial charge in [0.1, 0.15) is 0 Å². The van der Waals surface area contributed by atoms with Crippen LogP contribution in [0.5, 0.6) is 0 Å². The summed E-state index contributed by atoms with van der Waals surface area (Å²) in [5.74, 6) is 2.72. The highest BCUT2D eigenvalue weighted by Gasteiger charge is 2.30. The van der Waals surface area contributed by atoms with E-state index in [9.17, 15) is 0 Å². The lowest BCUT2D eigenvalue weighted by atomic mass is 9.86. The van der Waals surface area contributed by atoms with E-state index >= 15 is 0 Å². The Morgan fingerprint density at radius 2 is 2.11 bits per heavy atom. The lowest BCUT2D eigenvalue weighted by Gasteiger charge is -2.41. The molecule has 0 spiro atoms. The molecule has 0 saturated carbocycles. The Morgan fingerprint density at radius 3 is 2.72 bits per heavy atom. The number of nitrogens with zero attached hydrogens (tertiary/aromatic N) is 3. The van der Waals surface area contributed by atoms with E-state index < -0.39 is 0 Å². The zero-order valence-corrected chi connectivity index (χ0v) is 12.4. The molecule has 0 radical (unpaired) electrons. The third kappa shape index (κ3) is 2.61. The number of rotatable bonds is 2. The standard InChI is InChI=1S/C14H22ClN3/c1-9-5-10(2)12(4)18(8-9)14-16-7-13(6-15)11(3)17-14/h7,9-10,12H,5-6,8H2,1-4H3. The van der Waals surface area contributed by atoms with Gasteiger partial charge >= 0.3 is 0 Å². The van der Waals surface area contributed by atoms with Crippen LogP contribution in [0.4, 0.5) is 5.95 Å². The molecule has 0 amide bonds. The van der Waals surface area contributed by atoms with Crippen molar-refractivity contribution in [3.05, 3.63) is 17.5 Å². The molecular formula is C14H22ClN3. The van der Waals surface area contributed by atoms with Crippen molar-refractivity contribution in [2.45, 2.75) is 46.0 Å². The largest absolute Gasteiger partial charge is 0.338 e. The maximum Gasteiger partial charge on any atom is 0.225 e. The highest BCUT2D eigenvalue weighted by atomic mass is 35.5. The number of aromatic nitrogens is 2. The first-order chi connectivity index (χ1) is 8.52. The Balaban J connectivity index is 2.27. The Bertz CT molecular complexity index is 422. The van der Waals surface area contributed by atoms with Crippen molar-refractivity contribution in [2.24, 2.45) is 11.8 Å². The molecule has 1 aliphatic rings. The molecule has 1 fully saturated rings. The first kappa shape index (κ1) is 13.6. The van der Waals surface area contributed by atoms with Crippen molar-refractivity contribution in [3.8, 4) is 0 Å². The first-order valence-corrected chi connectivity index (χ1v) is 7.21. The van der Waals surface area contributed by atoms with Crippen molar-refractivity contribution < 1.29 is 0 Å². The van der Waals surface area contributed by atoms with Crippen molar-refractivity contribution in [3.63, 3.8) is 0 Å². The van der Waals surface area contributed by atoms with E-state index in [0.29, 0.717) is 23.8 Å². The summed E-state index contributed by atoms with van der Waals surface area (Å²) in [4.78, 5) is 11.4. The van der Waals surface area contributed by atoms with Crippen molar-refractivity contribution in [2.75, 3.05) is 11.4 Å². The molecule has 2 heterocycles. The molecule has 0 aliphatic carbocycles. The van der Waals surface area contributed by atoms with Gasteiger partial charge in [-0.3, -0.25) is 0 Å². The van der Waals surface area contributed by atoms with Gasteiger partial charge in [0.05, 0.1) is 5.88 Å². The van der Waals surface area contributed by atoms with Crippen LogP contribution in [0.1, 0.15) is 38.4 Å². The fraction of sp³-hybridized carbons (Fsp3) is 0.714. The van der Waals surface area contributed by atoms with Gasteiger partial charge in [0.2, 0.25) is 5.95 Å². The van der Waals surface area contributed by atoms with Crippen molar-refractivity contribution in [1.82, 2.24) is 9.97 Å². The van der Waals surface area contributed by atoms with Crippen LogP contribution < -0.4 is 4.90 Å². The molecule has 18 heavy (non-hydrogen) atoms. The molecule has 0 bridgehead atoms. The molecule has 1 aromatic heterocycles. The second-order valence-electron chi connectivity index (χ2n) is 5.63. The molecule has 2 rings (SSSR count). The van der Waals surface area contributed by atoms with Crippen LogP contribution in [0.2, 0.25) is 0 Å². The van der Waals surface area contributed by atoms with E-state index in [4.69, 9.17) is 11.6 Å². The summed E-state index contributed by atoms with van der Waals surface area (Å²) < 4.78 is 0. The molecule has 4 heteroatoms. The molecule has 1 aromatic rings. The summed E-state index contributed by atoms with van der Waals surface area (Å²) in [5.41, 5.74) is 2.01. The zero-order valence-electron chi connectivity index (χ0n) is 11.7. The Hall–Kier alpha value is -0.830. The number of hydrogen-bond acceptors (Lipinski definition) is 3. The van der Waals surface area contributed by atoms with Crippen LogP contribution >= 0.6 is 11.6 Å². The summed E-state index contributed by atoms with van der Waals surface area (Å²) >= 11 is 5.85. The van der Waals surface area contributed by atoms with Crippen LogP contribution in [0.3, 0.4) is 0 Å². The maximum atomic E-state index is 5.85. The third-order valence-corrected chi connectivity index (χ3v) is 4.35. The summed E-state index contributed by atoms with van der Waals surface area (Å²) in [7, 11) is 0. The second kappa shape index (κ2) is 5.43. The molecule has 100 valence electrons. The summed E-state index contributed by atoms with van der Waals surface area (Å²) in [6.07, 6.45) is 3.15. The van der Waals surface area contributed by atoms with E-state index in [0.717, 1.165) is 23.8 Å². The van der Waals surface area contributed by atoms with E-state index in [1.54, 1.807) is 0 Å². The van der Waals surface area contributed by atoms with Crippen LogP contribution in [0.15, 0.2) is 6.20 Å². The Morgan fingerprint density at radius 1 is 1.39 bits per heavy atom. The van der Waals surface area contributed by atoms with Crippen molar-refractivity contribution >= 4 is 17.5 Å². The Kier molecular flexibility index (Phi) is 4.10. The fourth-order valence-corrected chi connectivity index (χ4v) is 2.99. The van der Waals surface area contributed by atoms with Gasteiger partial charge in [0.25, 0.3) is 0 Å². The SMILES string of the molecule is Cc1nc(N2CC(C)CC(C)C2C)ncc1CCl. The van der Waals surface area contributed by atoms with E-state index in [-0.39, 0.29) is 0 Å². The minimum absolute atomic E-state index is 0.481. The van der Waals surface area contributed by atoms with Gasteiger partial charge in [-0.15, -0.1) is 11.6 Å². The highest BCUT2D eigenvalue weighted by molar-refractivity contribution is 6.17.